The third-order valence-electron chi connectivity index (χ3n) is 13.1. The molecule has 0 bridgehead atoms. The van der Waals surface area contributed by atoms with Gasteiger partial charge in [0.25, 0.3) is 0 Å². The van der Waals surface area contributed by atoms with Crippen LogP contribution < -0.4 is 0 Å². The summed E-state index contributed by atoms with van der Waals surface area (Å²) in [7, 11) is 0. The van der Waals surface area contributed by atoms with E-state index in [1.54, 1.807) is 0 Å². The summed E-state index contributed by atoms with van der Waals surface area (Å²) in [5.74, 6) is 1.94. The smallest absolute Gasteiger partial charge is 0.164 e. The van der Waals surface area contributed by atoms with Crippen molar-refractivity contribution >= 4 is 21.5 Å². The summed E-state index contributed by atoms with van der Waals surface area (Å²) in [5.41, 5.74) is 16.1. The molecule has 300 valence electrons. The SMILES string of the molecule is Cc1cc(-c2ccc3ccccc3c2-c2ccc(-c3nc(-c4ccccc4)nc(-c4ccccc4)n3)cc2)ccc1C1(c2ccccc2)c2ccccc2-c2c1ccc1ccccc21. The van der Waals surface area contributed by atoms with Crippen molar-refractivity contribution < 1.29 is 0 Å². The van der Waals surface area contributed by atoms with E-state index in [2.05, 4.69) is 177 Å². The Morgan fingerprint density at radius 2 is 0.781 bits per heavy atom. The third-order valence-corrected chi connectivity index (χ3v) is 13.1. The van der Waals surface area contributed by atoms with Gasteiger partial charge in [-0.05, 0) is 89.7 Å². The Morgan fingerprint density at radius 3 is 1.41 bits per heavy atom. The van der Waals surface area contributed by atoms with Crippen molar-refractivity contribution in [3.05, 3.63) is 258 Å². The van der Waals surface area contributed by atoms with Gasteiger partial charge in [0.2, 0.25) is 0 Å². The van der Waals surface area contributed by atoms with E-state index in [-0.39, 0.29) is 0 Å². The first-order valence-corrected chi connectivity index (χ1v) is 21.9. The standard InChI is InChI=1S/C61H41N3/c1-40-39-47(35-37-53(40)61(48-23-9-4-10-24-48)54-28-16-15-27-52(54)57-50-26-14-12-18-42(50)34-38-55(57)61)51-36-33-41-17-11-13-25-49(41)56(51)43-29-31-46(32-30-43)60-63-58(44-19-5-2-6-20-44)62-59(64-60)45-21-7-3-8-22-45/h2-39H,1H3. The predicted octanol–water partition coefficient (Wildman–Crippen LogP) is 15.2. The second-order valence-corrected chi connectivity index (χ2v) is 16.7. The molecule has 1 unspecified atom stereocenters. The third kappa shape index (κ3) is 6.00. The summed E-state index contributed by atoms with van der Waals surface area (Å²) >= 11 is 0. The topological polar surface area (TPSA) is 38.7 Å². The summed E-state index contributed by atoms with van der Waals surface area (Å²) in [6.07, 6.45) is 0. The molecule has 1 aliphatic rings. The number of hydrogen-bond acceptors (Lipinski definition) is 3. The number of hydrogen-bond donors (Lipinski definition) is 0. The molecule has 0 N–H and O–H groups in total. The lowest BCUT2D eigenvalue weighted by molar-refractivity contribution is 0.762. The fraction of sp³-hybridized carbons (Fsp3) is 0.0328. The quantitative estimate of drug-likeness (QED) is 0.161. The molecule has 0 saturated heterocycles. The lowest BCUT2D eigenvalue weighted by Crippen LogP contribution is -2.29. The maximum atomic E-state index is 5.02. The molecule has 11 aromatic rings. The normalized spacial score (nSPS) is 14.1. The van der Waals surface area contributed by atoms with Crippen LogP contribution >= 0.6 is 0 Å². The van der Waals surface area contributed by atoms with E-state index >= 15 is 0 Å². The number of rotatable bonds is 7. The molecule has 0 aliphatic heterocycles. The largest absolute Gasteiger partial charge is 0.208 e. The van der Waals surface area contributed by atoms with E-state index in [1.807, 2.05) is 60.7 Å². The molecule has 0 spiro atoms. The van der Waals surface area contributed by atoms with Gasteiger partial charge in [0, 0.05) is 16.7 Å². The van der Waals surface area contributed by atoms with Gasteiger partial charge in [0.1, 0.15) is 0 Å². The van der Waals surface area contributed by atoms with Gasteiger partial charge in [-0.25, -0.2) is 15.0 Å². The van der Waals surface area contributed by atoms with Crippen LogP contribution in [0.4, 0.5) is 0 Å². The molecule has 1 aromatic heterocycles. The summed E-state index contributed by atoms with van der Waals surface area (Å²) in [4.78, 5) is 14.9. The Balaban J connectivity index is 1.01. The molecule has 64 heavy (non-hydrogen) atoms. The van der Waals surface area contributed by atoms with Gasteiger partial charge in [-0.2, -0.15) is 0 Å². The van der Waals surface area contributed by atoms with E-state index in [0.717, 1.165) is 22.3 Å². The summed E-state index contributed by atoms with van der Waals surface area (Å²) in [5, 5.41) is 4.95. The Hall–Kier alpha value is -8.27. The monoisotopic (exact) mass is 815 g/mol. The van der Waals surface area contributed by atoms with E-state index < -0.39 is 5.41 Å². The Kier molecular flexibility index (Phi) is 8.94. The Bertz CT molecular complexity index is 3490. The average Bonchev–Trinajstić information content (AvgIpc) is 3.68. The molecule has 3 heteroatoms. The summed E-state index contributed by atoms with van der Waals surface area (Å²) in [6.45, 7) is 2.29. The van der Waals surface area contributed by atoms with Crippen LogP contribution in [0.1, 0.15) is 27.8 Å². The fourth-order valence-corrected chi connectivity index (χ4v) is 10.3. The molecule has 12 rings (SSSR count). The van der Waals surface area contributed by atoms with Gasteiger partial charge in [-0.1, -0.05) is 231 Å². The average molecular weight is 816 g/mol. The van der Waals surface area contributed by atoms with Crippen LogP contribution in [0.5, 0.6) is 0 Å². The van der Waals surface area contributed by atoms with Crippen LogP contribution in [-0.2, 0) is 5.41 Å². The first-order valence-electron chi connectivity index (χ1n) is 21.9. The minimum atomic E-state index is -0.502. The van der Waals surface area contributed by atoms with Crippen LogP contribution in [0.2, 0.25) is 0 Å². The highest BCUT2D eigenvalue weighted by Crippen LogP contribution is 2.58. The molecule has 1 heterocycles. The second kappa shape index (κ2) is 15.3. The summed E-state index contributed by atoms with van der Waals surface area (Å²) < 4.78 is 0. The summed E-state index contributed by atoms with van der Waals surface area (Å²) in [6, 6.07) is 83.0. The highest BCUT2D eigenvalue weighted by atomic mass is 15.0. The molecule has 1 atom stereocenters. The molecular formula is C61H41N3. The number of nitrogens with zero attached hydrogens (tertiary/aromatic N) is 3. The van der Waals surface area contributed by atoms with E-state index in [0.29, 0.717) is 17.5 Å². The molecule has 10 aromatic carbocycles. The van der Waals surface area contributed by atoms with Crippen molar-refractivity contribution in [2.24, 2.45) is 0 Å². The van der Waals surface area contributed by atoms with Gasteiger partial charge in [0.05, 0.1) is 5.41 Å². The van der Waals surface area contributed by atoms with Crippen LogP contribution in [0.3, 0.4) is 0 Å². The van der Waals surface area contributed by atoms with Crippen molar-refractivity contribution in [2.45, 2.75) is 12.3 Å². The van der Waals surface area contributed by atoms with Crippen LogP contribution in [0.25, 0.3) is 89.1 Å². The molecule has 0 saturated carbocycles. The molecule has 0 fully saturated rings. The van der Waals surface area contributed by atoms with Crippen molar-refractivity contribution in [3.63, 3.8) is 0 Å². The Morgan fingerprint density at radius 1 is 0.312 bits per heavy atom. The zero-order valence-corrected chi connectivity index (χ0v) is 35.3. The van der Waals surface area contributed by atoms with Gasteiger partial charge in [-0.15, -0.1) is 0 Å². The number of benzene rings is 10. The van der Waals surface area contributed by atoms with E-state index in [4.69, 9.17) is 15.0 Å². The first-order chi connectivity index (χ1) is 31.6. The minimum absolute atomic E-state index is 0.502. The lowest BCUT2D eigenvalue weighted by Gasteiger charge is -2.35. The van der Waals surface area contributed by atoms with Gasteiger partial charge in [0.15, 0.2) is 17.5 Å². The van der Waals surface area contributed by atoms with E-state index in [9.17, 15) is 0 Å². The fourth-order valence-electron chi connectivity index (χ4n) is 10.3. The zero-order chi connectivity index (χ0) is 42.6. The first kappa shape index (κ1) is 37.5. The molecule has 1 aliphatic carbocycles. The van der Waals surface area contributed by atoms with Crippen LogP contribution in [0, 0.1) is 6.92 Å². The lowest BCUT2D eigenvalue weighted by atomic mass is 9.66. The maximum absolute atomic E-state index is 5.02. The molecular weight excluding hydrogens is 775 g/mol. The van der Waals surface area contributed by atoms with Crippen LogP contribution in [0.15, 0.2) is 231 Å². The highest BCUT2D eigenvalue weighted by Gasteiger charge is 2.47. The number of fused-ring (bicyclic) bond motifs is 6. The molecule has 0 amide bonds. The number of aromatic nitrogens is 3. The van der Waals surface area contributed by atoms with Gasteiger partial charge < -0.3 is 0 Å². The second-order valence-electron chi connectivity index (χ2n) is 16.7. The molecule has 3 nitrogen and oxygen atoms in total. The molecule has 0 radical (unpaired) electrons. The maximum Gasteiger partial charge on any atom is 0.164 e. The van der Waals surface area contributed by atoms with Crippen LogP contribution in [-0.4, -0.2) is 15.0 Å². The van der Waals surface area contributed by atoms with Gasteiger partial charge in [-0.3, -0.25) is 0 Å². The van der Waals surface area contributed by atoms with Crippen molar-refractivity contribution in [1.29, 1.82) is 0 Å². The van der Waals surface area contributed by atoms with Crippen molar-refractivity contribution in [2.75, 3.05) is 0 Å². The van der Waals surface area contributed by atoms with Crippen molar-refractivity contribution in [1.82, 2.24) is 15.0 Å². The van der Waals surface area contributed by atoms with Crippen molar-refractivity contribution in [3.8, 4) is 67.5 Å². The zero-order valence-electron chi connectivity index (χ0n) is 35.3. The number of aryl methyl sites for hydroxylation is 1. The predicted molar refractivity (Wildman–Crippen MR) is 264 cm³/mol. The van der Waals surface area contributed by atoms with E-state index in [1.165, 1.54) is 77.2 Å². The Labute approximate surface area is 373 Å². The minimum Gasteiger partial charge on any atom is -0.208 e. The highest BCUT2D eigenvalue weighted by molar-refractivity contribution is 6.06. The van der Waals surface area contributed by atoms with Gasteiger partial charge >= 0.3 is 0 Å².